The van der Waals surface area contributed by atoms with Gasteiger partial charge in [-0.1, -0.05) is 13.8 Å². The van der Waals surface area contributed by atoms with Gasteiger partial charge in [0, 0.05) is 17.5 Å². The summed E-state index contributed by atoms with van der Waals surface area (Å²) in [6.45, 7) is 3.82. The molecule has 10 heteroatoms. The largest absolute Gasteiger partial charge is 0.452 e. The first-order valence-electron chi connectivity index (χ1n) is 9.38. The molecule has 1 fully saturated rings. The second kappa shape index (κ2) is 8.74. The zero-order valence-electron chi connectivity index (χ0n) is 16.3. The predicted octanol–water partition coefficient (Wildman–Crippen LogP) is 1.56. The number of ether oxygens (including phenoxy) is 1. The molecule has 0 saturated carbocycles. The zero-order valence-corrected chi connectivity index (χ0v) is 18.0. The number of hydrogen-bond donors (Lipinski definition) is 1. The van der Waals surface area contributed by atoms with Gasteiger partial charge in [-0.2, -0.15) is 0 Å². The molecule has 2 amide bonds. The van der Waals surface area contributed by atoms with Crippen molar-refractivity contribution in [3.05, 3.63) is 23.8 Å². The summed E-state index contributed by atoms with van der Waals surface area (Å²) in [5, 5.41) is 2.70. The molecule has 0 spiro atoms. The molecule has 2 heterocycles. The monoisotopic (exact) mass is 440 g/mol. The molecular weight excluding hydrogens is 416 g/mol. The first kappa shape index (κ1) is 21.6. The van der Waals surface area contributed by atoms with E-state index in [1.54, 1.807) is 12.1 Å². The lowest BCUT2D eigenvalue weighted by molar-refractivity contribution is -0.137. The van der Waals surface area contributed by atoms with Gasteiger partial charge in [-0.15, -0.1) is 11.8 Å². The summed E-state index contributed by atoms with van der Waals surface area (Å²) in [6, 6.07) is 4.46. The van der Waals surface area contributed by atoms with Crippen LogP contribution in [0.4, 0.5) is 5.69 Å². The van der Waals surface area contributed by atoms with Crippen LogP contribution in [0.2, 0.25) is 0 Å². The average Bonchev–Trinajstić information content (AvgIpc) is 3.02. The van der Waals surface area contributed by atoms with Crippen LogP contribution in [0.5, 0.6) is 0 Å². The second-order valence-corrected chi connectivity index (χ2v) is 10.9. The number of fused-ring (bicyclic) bond motifs is 1. The van der Waals surface area contributed by atoms with Gasteiger partial charge in [0.25, 0.3) is 5.91 Å². The molecule has 0 aromatic heterocycles. The number of esters is 1. The van der Waals surface area contributed by atoms with Gasteiger partial charge in [-0.25, -0.2) is 13.2 Å². The Morgan fingerprint density at radius 2 is 2.10 bits per heavy atom. The van der Waals surface area contributed by atoms with Gasteiger partial charge in [-0.05, 0) is 30.5 Å². The Balaban J connectivity index is 1.64. The Hall–Kier alpha value is -2.07. The van der Waals surface area contributed by atoms with Gasteiger partial charge in [0.1, 0.15) is 0 Å². The van der Waals surface area contributed by atoms with Crippen LogP contribution in [-0.2, 0) is 24.2 Å². The molecule has 1 atom stereocenters. The molecule has 2 aliphatic heterocycles. The van der Waals surface area contributed by atoms with E-state index in [-0.39, 0.29) is 34.9 Å². The van der Waals surface area contributed by atoms with Crippen LogP contribution in [0, 0.1) is 5.92 Å². The molecule has 1 aromatic rings. The molecule has 8 nitrogen and oxygen atoms in total. The first-order valence-corrected chi connectivity index (χ1v) is 12.2. The number of nitrogens with one attached hydrogen (secondary N) is 1. The van der Waals surface area contributed by atoms with Crippen LogP contribution < -0.4 is 5.32 Å². The van der Waals surface area contributed by atoms with Crippen molar-refractivity contribution in [1.29, 1.82) is 0 Å². The summed E-state index contributed by atoms with van der Waals surface area (Å²) >= 11 is 1.38. The van der Waals surface area contributed by atoms with Gasteiger partial charge >= 0.3 is 5.97 Å². The number of rotatable bonds is 6. The number of anilines is 1. The fraction of sp³-hybridized carbons (Fsp3) is 0.526. The predicted molar refractivity (Wildman–Crippen MR) is 110 cm³/mol. The van der Waals surface area contributed by atoms with Crippen molar-refractivity contribution in [3.63, 3.8) is 0 Å². The van der Waals surface area contributed by atoms with Gasteiger partial charge < -0.3 is 15.0 Å². The lowest BCUT2D eigenvalue weighted by Gasteiger charge is -2.29. The van der Waals surface area contributed by atoms with Crippen molar-refractivity contribution in [2.75, 3.05) is 35.7 Å². The van der Waals surface area contributed by atoms with Crippen molar-refractivity contribution >= 4 is 45.1 Å². The Morgan fingerprint density at radius 3 is 2.76 bits per heavy atom. The first-order chi connectivity index (χ1) is 13.6. The Kier molecular flexibility index (Phi) is 6.52. The highest BCUT2D eigenvalue weighted by molar-refractivity contribution is 8.00. The van der Waals surface area contributed by atoms with Gasteiger partial charge in [0.15, 0.2) is 16.4 Å². The van der Waals surface area contributed by atoms with E-state index in [1.807, 2.05) is 13.8 Å². The summed E-state index contributed by atoms with van der Waals surface area (Å²) in [7, 11) is -3.14. The van der Waals surface area contributed by atoms with E-state index in [2.05, 4.69) is 5.32 Å². The molecule has 0 aliphatic carbocycles. The Labute approximate surface area is 174 Å². The topological polar surface area (TPSA) is 110 Å². The molecule has 1 saturated heterocycles. The molecule has 158 valence electrons. The maximum absolute atomic E-state index is 12.7. The number of carbonyl (C=O) groups is 3. The summed E-state index contributed by atoms with van der Waals surface area (Å²) < 4.78 is 28.8. The van der Waals surface area contributed by atoms with E-state index in [4.69, 9.17) is 4.74 Å². The zero-order chi connectivity index (χ0) is 21.2. The van der Waals surface area contributed by atoms with Gasteiger partial charge in [0.2, 0.25) is 5.91 Å². The van der Waals surface area contributed by atoms with E-state index >= 15 is 0 Å². The number of amides is 2. The van der Waals surface area contributed by atoms with E-state index < -0.39 is 28.3 Å². The highest BCUT2D eigenvalue weighted by atomic mass is 32.2. The van der Waals surface area contributed by atoms with Crippen molar-refractivity contribution in [3.8, 4) is 0 Å². The van der Waals surface area contributed by atoms with Crippen LogP contribution in [0.15, 0.2) is 23.1 Å². The summed E-state index contributed by atoms with van der Waals surface area (Å²) in [5.41, 5.74) is 0.780. The molecule has 1 N–H and O–H groups in total. The van der Waals surface area contributed by atoms with Gasteiger partial charge in [-0.3, -0.25) is 9.59 Å². The molecule has 29 heavy (non-hydrogen) atoms. The van der Waals surface area contributed by atoms with Gasteiger partial charge in [0.05, 0.1) is 28.5 Å². The number of benzene rings is 1. The Morgan fingerprint density at radius 1 is 1.34 bits per heavy atom. The van der Waals surface area contributed by atoms with E-state index in [0.29, 0.717) is 24.4 Å². The van der Waals surface area contributed by atoms with E-state index in [9.17, 15) is 22.8 Å². The average molecular weight is 441 g/mol. The Bertz CT molecular complexity index is 929. The van der Waals surface area contributed by atoms with Crippen molar-refractivity contribution in [2.45, 2.75) is 31.2 Å². The summed E-state index contributed by atoms with van der Waals surface area (Å²) in [5.74, 6) is -0.725. The van der Waals surface area contributed by atoms with Crippen molar-refractivity contribution in [2.24, 2.45) is 5.92 Å². The van der Waals surface area contributed by atoms with Crippen molar-refractivity contribution < 1.29 is 27.5 Å². The van der Waals surface area contributed by atoms with E-state index in [1.165, 1.54) is 22.7 Å². The highest BCUT2D eigenvalue weighted by Gasteiger charge is 2.35. The number of hydrogen-bond acceptors (Lipinski definition) is 7. The second-order valence-electron chi connectivity index (χ2n) is 7.62. The fourth-order valence-electron chi connectivity index (χ4n) is 3.37. The van der Waals surface area contributed by atoms with Crippen LogP contribution in [0.25, 0.3) is 0 Å². The number of nitrogens with zero attached hydrogens (tertiary/aromatic N) is 1. The molecule has 0 unspecified atom stereocenters. The highest BCUT2D eigenvalue weighted by Crippen LogP contribution is 2.32. The maximum Gasteiger partial charge on any atom is 0.338 e. The lowest BCUT2D eigenvalue weighted by Crippen LogP contribution is -2.45. The molecule has 0 radical (unpaired) electrons. The van der Waals surface area contributed by atoms with Crippen LogP contribution in [0.1, 0.15) is 30.6 Å². The normalized spacial score (nSPS) is 20.1. The SMILES string of the molecule is CC(C)CN(C(=O)COC(=O)c1ccc2c(c1)NC(=O)CS2)[C@@H]1CCS(=O)(=O)C1. The quantitative estimate of drug-likeness (QED) is 0.669. The maximum atomic E-state index is 12.7. The minimum absolute atomic E-state index is 0.0540. The lowest BCUT2D eigenvalue weighted by atomic mass is 10.1. The third-order valence-corrected chi connectivity index (χ3v) is 7.53. The van der Waals surface area contributed by atoms with Crippen LogP contribution in [0.3, 0.4) is 0 Å². The van der Waals surface area contributed by atoms with Crippen LogP contribution >= 0.6 is 11.8 Å². The standard InChI is InChI=1S/C19H24N2O6S2/c1-12(2)8-21(14-5-6-29(25,26)11-14)18(23)9-27-19(24)13-3-4-16-15(7-13)20-17(22)10-28-16/h3-4,7,12,14H,5-6,8-11H2,1-2H3,(H,20,22)/t14-/m1/s1. The molecule has 3 rings (SSSR count). The van der Waals surface area contributed by atoms with Crippen LogP contribution in [-0.4, -0.2) is 67.6 Å². The summed E-state index contributed by atoms with van der Waals surface area (Å²) in [6.07, 6.45) is 0.400. The van der Waals surface area contributed by atoms with E-state index in [0.717, 1.165) is 4.90 Å². The minimum Gasteiger partial charge on any atom is -0.452 e. The molecular formula is C19H24N2O6S2. The fourth-order valence-corrected chi connectivity index (χ4v) is 5.89. The third kappa shape index (κ3) is 5.51. The number of thioether (sulfide) groups is 1. The molecule has 2 aliphatic rings. The number of carbonyl (C=O) groups excluding carboxylic acids is 3. The van der Waals surface area contributed by atoms with Crippen molar-refractivity contribution in [1.82, 2.24) is 4.90 Å². The third-order valence-electron chi connectivity index (χ3n) is 4.71. The smallest absolute Gasteiger partial charge is 0.338 e. The summed E-state index contributed by atoms with van der Waals surface area (Å²) in [4.78, 5) is 39.0. The number of sulfone groups is 1. The molecule has 0 bridgehead atoms. The minimum atomic E-state index is -3.14. The molecule has 1 aromatic carbocycles.